The number of nitrogens with zero attached hydrogens (tertiary/aromatic N) is 3. The maximum Gasteiger partial charge on any atom is 0.411 e. The van der Waals surface area contributed by atoms with Gasteiger partial charge in [-0.05, 0) is 68.0 Å². The van der Waals surface area contributed by atoms with E-state index < -0.39 is 35.7 Å². The van der Waals surface area contributed by atoms with Crippen LogP contribution in [0.1, 0.15) is 49.4 Å². The third kappa shape index (κ3) is 12.0. The van der Waals surface area contributed by atoms with Gasteiger partial charge in [0.2, 0.25) is 5.91 Å². The summed E-state index contributed by atoms with van der Waals surface area (Å²) < 4.78 is 27.0. The zero-order chi connectivity index (χ0) is 38.5. The molecule has 4 aromatic rings. The number of piperazine rings is 1. The number of carbonyl (C=O) groups is 2. The normalized spacial score (nSPS) is 16.1. The van der Waals surface area contributed by atoms with Crippen molar-refractivity contribution < 1.29 is 28.6 Å². The molecule has 10 heteroatoms. The minimum atomic E-state index is -1.41. The van der Waals surface area contributed by atoms with E-state index in [4.69, 9.17) is 9.47 Å². The maximum absolute atomic E-state index is 15.3. The third-order valence-corrected chi connectivity index (χ3v) is 9.62. The molecule has 1 heterocycles. The summed E-state index contributed by atoms with van der Waals surface area (Å²) in [6.07, 6.45) is 2.80. The van der Waals surface area contributed by atoms with Crippen LogP contribution in [0.4, 0.5) is 9.18 Å². The lowest BCUT2D eigenvalue weighted by molar-refractivity contribution is -0.150. The zero-order valence-electron chi connectivity index (χ0n) is 31.3. The van der Waals surface area contributed by atoms with Gasteiger partial charge in [-0.2, -0.15) is 0 Å². The average molecular weight is 801 g/mol. The molecule has 0 saturated carbocycles. The molecule has 0 aliphatic carbocycles. The molecule has 0 aromatic heterocycles. The van der Waals surface area contributed by atoms with Crippen molar-refractivity contribution in [1.29, 1.82) is 0 Å². The molecule has 0 bridgehead atoms. The van der Waals surface area contributed by atoms with Crippen LogP contribution in [-0.4, -0.2) is 80.6 Å². The molecule has 3 atom stereocenters. The first-order valence-corrected chi connectivity index (χ1v) is 19.6. The fraction of sp³-hybridized carbons (Fsp3) is 0.364. The molecule has 8 nitrogen and oxygen atoms in total. The third-order valence-electron chi connectivity index (χ3n) is 9.16. The van der Waals surface area contributed by atoms with E-state index in [1.807, 2.05) is 103 Å². The van der Waals surface area contributed by atoms with Crippen LogP contribution in [0.25, 0.3) is 0 Å². The van der Waals surface area contributed by atoms with Crippen molar-refractivity contribution in [3.05, 3.63) is 149 Å². The zero-order valence-corrected chi connectivity index (χ0v) is 32.9. The average Bonchev–Trinajstić information content (AvgIpc) is 3.14. The van der Waals surface area contributed by atoms with Gasteiger partial charge in [0, 0.05) is 50.2 Å². The number of hydrogen-bond acceptors (Lipinski definition) is 6. The number of aliphatic hydroxyl groups is 1. The van der Waals surface area contributed by atoms with E-state index in [0.29, 0.717) is 30.9 Å². The summed E-state index contributed by atoms with van der Waals surface area (Å²) in [7, 11) is 0. The lowest BCUT2D eigenvalue weighted by Gasteiger charge is -2.46. The molecular formula is C44H51BrFN3O5. The van der Waals surface area contributed by atoms with Gasteiger partial charge in [0.05, 0.1) is 6.10 Å². The molecule has 0 radical (unpaired) electrons. The van der Waals surface area contributed by atoms with Gasteiger partial charge in [-0.1, -0.05) is 119 Å². The minimum absolute atomic E-state index is 0.152. The Hall–Kier alpha value is -4.51. The highest BCUT2D eigenvalue weighted by molar-refractivity contribution is 9.09. The molecule has 54 heavy (non-hydrogen) atoms. The summed E-state index contributed by atoms with van der Waals surface area (Å²) in [6, 6.07) is 31.9. The monoisotopic (exact) mass is 799 g/mol. The Morgan fingerprint density at radius 2 is 1.48 bits per heavy atom. The highest BCUT2D eigenvalue weighted by atomic mass is 79.9. The van der Waals surface area contributed by atoms with Crippen LogP contribution < -0.4 is 4.74 Å². The second kappa shape index (κ2) is 19.7. The number of ether oxygens (including phenoxy) is 2. The van der Waals surface area contributed by atoms with Crippen LogP contribution in [0.2, 0.25) is 0 Å². The molecule has 286 valence electrons. The summed E-state index contributed by atoms with van der Waals surface area (Å²) in [6.45, 7) is 7.18. The van der Waals surface area contributed by atoms with Crippen LogP contribution >= 0.6 is 15.9 Å². The number of rotatable bonds is 16. The van der Waals surface area contributed by atoms with Gasteiger partial charge in [-0.25, -0.2) is 9.18 Å². The topological polar surface area (TPSA) is 82.5 Å². The van der Waals surface area contributed by atoms with Crippen molar-refractivity contribution in [1.82, 2.24) is 14.7 Å². The van der Waals surface area contributed by atoms with Crippen molar-refractivity contribution in [3.8, 4) is 5.75 Å². The second-order valence-electron chi connectivity index (χ2n) is 14.6. The number of hydrogen-bond donors (Lipinski definition) is 1. The molecule has 1 aliphatic rings. The maximum atomic E-state index is 15.3. The first-order valence-electron chi connectivity index (χ1n) is 18.5. The second-order valence-corrected chi connectivity index (χ2v) is 15.4. The first kappa shape index (κ1) is 40.7. The molecule has 1 aliphatic heterocycles. The number of benzene rings is 4. The van der Waals surface area contributed by atoms with E-state index in [-0.39, 0.29) is 32.0 Å². The molecule has 4 aromatic carbocycles. The van der Waals surface area contributed by atoms with E-state index in [2.05, 4.69) is 20.8 Å². The van der Waals surface area contributed by atoms with Gasteiger partial charge in [0.1, 0.15) is 29.8 Å². The molecule has 5 rings (SSSR count). The summed E-state index contributed by atoms with van der Waals surface area (Å²) in [5.41, 5.74) is 2.68. The molecule has 1 saturated heterocycles. The predicted molar refractivity (Wildman–Crippen MR) is 214 cm³/mol. The van der Waals surface area contributed by atoms with Gasteiger partial charge < -0.3 is 19.5 Å². The molecular weight excluding hydrogens is 749 g/mol. The van der Waals surface area contributed by atoms with Crippen molar-refractivity contribution in [2.24, 2.45) is 0 Å². The quantitative estimate of drug-likeness (QED) is 0.0911. The summed E-state index contributed by atoms with van der Waals surface area (Å²) in [5.74, 6) is -0.500. The lowest BCUT2D eigenvalue weighted by Crippen LogP contribution is -2.66. The van der Waals surface area contributed by atoms with Gasteiger partial charge in [0.15, 0.2) is 0 Å². The molecule has 1 fully saturated rings. The molecule has 1 N–H and O–H groups in total. The number of halogens is 2. The fourth-order valence-electron chi connectivity index (χ4n) is 6.67. The molecule has 0 unspecified atom stereocenters. The van der Waals surface area contributed by atoms with Crippen molar-refractivity contribution >= 4 is 27.9 Å². The highest BCUT2D eigenvalue weighted by Crippen LogP contribution is 2.29. The highest BCUT2D eigenvalue weighted by Gasteiger charge is 2.47. The Morgan fingerprint density at radius 3 is 2.06 bits per heavy atom. The van der Waals surface area contributed by atoms with Gasteiger partial charge >= 0.3 is 6.09 Å². The Balaban J connectivity index is 1.57. The van der Waals surface area contributed by atoms with Crippen LogP contribution in [0, 0.1) is 5.82 Å². The smallest absolute Gasteiger partial charge is 0.411 e. The van der Waals surface area contributed by atoms with Crippen LogP contribution in [0.15, 0.2) is 121 Å². The Bertz CT molecular complexity index is 1760. The number of amides is 2. The molecule has 2 amide bonds. The standard InChI is InChI=1S/C44H51BrFN3O5/c1-44(2,3)54-43(52)49-24-23-47(30-33-16-8-4-9-17-33)42(51)40(49)41(50)39(28-36-26-37(46)29-38(27-36)53-25-15-7-14-22-45)48(31-34-18-10-5-11-19-34)32-35-20-12-6-13-21-35/h4-13,15-21,26-27,29,39-41,50H,14,22-25,28,30-32H2,1-3H3/t39-,40-,41-/m0/s1. The van der Waals surface area contributed by atoms with E-state index >= 15 is 4.39 Å². The van der Waals surface area contributed by atoms with Crippen molar-refractivity contribution in [2.45, 2.75) is 77.0 Å². The van der Waals surface area contributed by atoms with E-state index in [9.17, 15) is 14.7 Å². The van der Waals surface area contributed by atoms with Gasteiger partial charge in [-0.15, -0.1) is 0 Å². The minimum Gasteiger partial charge on any atom is -0.489 e. The summed E-state index contributed by atoms with van der Waals surface area (Å²) in [4.78, 5) is 33.7. The van der Waals surface area contributed by atoms with Crippen molar-refractivity contribution in [2.75, 3.05) is 25.0 Å². The number of aliphatic hydroxyl groups excluding tert-OH is 1. The van der Waals surface area contributed by atoms with E-state index in [0.717, 1.165) is 28.4 Å². The van der Waals surface area contributed by atoms with Gasteiger partial charge in [0.25, 0.3) is 0 Å². The van der Waals surface area contributed by atoms with Crippen molar-refractivity contribution in [3.63, 3.8) is 0 Å². The number of allylic oxidation sites excluding steroid dienone is 1. The van der Waals surface area contributed by atoms with Crippen LogP contribution in [0.5, 0.6) is 5.75 Å². The summed E-state index contributed by atoms with van der Waals surface area (Å²) >= 11 is 3.41. The van der Waals surface area contributed by atoms with E-state index in [1.54, 1.807) is 31.7 Å². The SMILES string of the molecule is CC(C)(C)OC(=O)N1CCN(Cc2ccccc2)C(=O)[C@@H]1[C@@H](O)[C@H](Cc1cc(F)cc(OCC=CCCBr)c1)N(Cc1ccccc1)Cc1ccccc1. The fourth-order valence-corrected chi connectivity index (χ4v) is 6.94. The largest absolute Gasteiger partial charge is 0.489 e. The number of carbonyl (C=O) groups excluding carboxylic acids is 2. The first-order chi connectivity index (χ1) is 26.0. The Kier molecular flexibility index (Phi) is 14.8. The summed E-state index contributed by atoms with van der Waals surface area (Å²) in [5, 5.41) is 13.6. The van der Waals surface area contributed by atoms with E-state index in [1.165, 1.54) is 17.0 Å². The lowest BCUT2D eigenvalue weighted by atomic mass is 9.91. The Labute approximate surface area is 327 Å². The predicted octanol–water partition coefficient (Wildman–Crippen LogP) is 8.17. The van der Waals surface area contributed by atoms with Crippen LogP contribution in [0.3, 0.4) is 0 Å². The Morgan fingerprint density at radius 1 is 0.889 bits per heavy atom. The van der Waals surface area contributed by atoms with Crippen LogP contribution in [-0.2, 0) is 35.6 Å². The number of alkyl halides is 1. The molecule has 0 spiro atoms. The van der Waals surface area contributed by atoms with Gasteiger partial charge in [-0.3, -0.25) is 14.6 Å².